The zero-order valence-corrected chi connectivity index (χ0v) is 17.3. The number of carbonyl (C=O) groups is 1. The lowest BCUT2D eigenvalue weighted by atomic mass is 9.69. The number of carbonyl (C=O) groups excluding carboxylic acids is 1. The van der Waals surface area contributed by atoms with Gasteiger partial charge in [-0.25, -0.2) is 14.2 Å². The molecule has 0 unspecified atom stereocenters. The van der Waals surface area contributed by atoms with E-state index < -0.39 is 29.1 Å². The number of nitrogens with one attached hydrogen (secondary N) is 1. The second-order valence-electron chi connectivity index (χ2n) is 8.62. The van der Waals surface area contributed by atoms with Crippen molar-refractivity contribution < 1.29 is 22.4 Å². The summed E-state index contributed by atoms with van der Waals surface area (Å²) in [5.41, 5.74) is -0.726. The number of rotatable bonds is 3. The Morgan fingerprint density at radius 1 is 1.10 bits per heavy atom. The van der Waals surface area contributed by atoms with Gasteiger partial charge in [0, 0.05) is 11.7 Å². The number of aromatic nitrogens is 1. The summed E-state index contributed by atoms with van der Waals surface area (Å²) in [5.74, 6) is -1.54. The monoisotopic (exact) mass is 436 g/mol. The predicted octanol–water partition coefficient (Wildman–Crippen LogP) is 4.54. The maximum absolute atomic E-state index is 14.4. The fourth-order valence-corrected chi connectivity index (χ4v) is 4.83. The van der Waals surface area contributed by atoms with Gasteiger partial charge >= 0.3 is 12.2 Å². The molecule has 0 radical (unpaired) electrons. The lowest BCUT2D eigenvalue weighted by Gasteiger charge is -2.48. The number of urea groups is 1. The number of anilines is 1. The molecular formula is C22H24F4N4O. The van der Waals surface area contributed by atoms with Gasteiger partial charge in [-0.05, 0) is 51.4 Å². The third-order valence-corrected chi connectivity index (χ3v) is 6.68. The maximum Gasteiger partial charge on any atom is 0.417 e. The highest BCUT2D eigenvalue weighted by atomic mass is 19.4. The molecule has 4 rings (SSSR count). The van der Waals surface area contributed by atoms with Gasteiger partial charge in [-0.2, -0.15) is 13.2 Å². The van der Waals surface area contributed by atoms with Gasteiger partial charge in [0.05, 0.1) is 17.6 Å². The molecule has 2 fully saturated rings. The Kier molecular flexibility index (Phi) is 5.20. The quantitative estimate of drug-likeness (QED) is 0.719. The topological polar surface area (TPSA) is 48.5 Å². The van der Waals surface area contributed by atoms with E-state index in [4.69, 9.17) is 0 Å². The molecule has 2 aliphatic rings. The Bertz CT molecular complexity index is 969. The van der Waals surface area contributed by atoms with Crippen LogP contribution in [0.25, 0.3) is 0 Å². The summed E-state index contributed by atoms with van der Waals surface area (Å²) in [6.45, 7) is 0.166. The fraction of sp³-hybridized carbons (Fsp3) is 0.455. The van der Waals surface area contributed by atoms with Gasteiger partial charge in [-0.3, -0.25) is 9.80 Å². The number of nitrogens with zero attached hydrogens (tertiary/aromatic N) is 3. The van der Waals surface area contributed by atoms with E-state index in [1.54, 1.807) is 0 Å². The van der Waals surface area contributed by atoms with Gasteiger partial charge in [0.2, 0.25) is 0 Å². The van der Waals surface area contributed by atoms with Gasteiger partial charge in [0.15, 0.2) is 11.6 Å². The van der Waals surface area contributed by atoms with E-state index in [0.29, 0.717) is 25.1 Å². The van der Waals surface area contributed by atoms with E-state index in [-0.39, 0.29) is 17.9 Å². The van der Waals surface area contributed by atoms with Crippen molar-refractivity contribution in [3.63, 3.8) is 0 Å². The molecule has 0 bridgehead atoms. The first-order valence-electron chi connectivity index (χ1n) is 10.1. The third kappa shape index (κ3) is 3.75. The van der Waals surface area contributed by atoms with Crippen LogP contribution in [0.1, 0.15) is 36.8 Å². The molecule has 1 aromatic carbocycles. The molecule has 0 atom stereocenters. The van der Waals surface area contributed by atoms with Crippen LogP contribution in [-0.2, 0) is 11.7 Å². The maximum atomic E-state index is 14.4. The zero-order chi connectivity index (χ0) is 22.4. The van der Waals surface area contributed by atoms with E-state index in [0.717, 1.165) is 17.7 Å². The van der Waals surface area contributed by atoms with E-state index in [1.807, 2.05) is 32.3 Å². The summed E-state index contributed by atoms with van der Waals surface area (Å²) in [5, 5.41) is 2.96. The Morgan fingerprint density at radius 2 is 1.74 bits per heavy atom. The Morgan fingerprint density at radius 3 is 2.29 bits per heavy atom. The number of amides is 2. The first-order valence-corrected chi connectivity index (χ1v) is 10.1. The molecule has 9 heteroatoms. The minimum absolute atomic E-state index is 0.166. The first kappa shape index (κ1) is 21.5. The average Bonchev–Trinajstić information content (AvgIpc) is 3.04. The summed E-state index contributed by atoms with van der Waals surface area (Å²) in [6, 6.07) is 10.0. The second kappa shape index (κ2) is 7.47. The molecule has 5 nitrogen and oxygen atoms in total. The van der Waals surface area contributed by atoms with Gasteiger partial charge in [0.25, 0.3) is 0 Å². The van der Waals surface area contributed by atoms with Gasteiger partial charge in [-0.15, -0.1) is 0 Å². The van der Waals surface area contributed by atoms with Crippen LogP contribution in [0.4, 0.5) is 28.2 Å². The van der Waals surface area contributed by atoms with Crippen LogP contribution in [-0.4, -0.2) is 42.1 Å². The largest absolute Gasteiger partial charge is 0.417 e. The highest BCUT2D eigenvalue weighted by Crippen LogP contribution is 2.46. The first-order chi connectivity index (χ1) is 14.6. The number of benzene rings is 1. The SMILES string of the molecule is CN(C)C1(c2ccccc2)CCC2(CC1)CN(c1ncc(C(F)(F)F)cc1F)C(=O)N2. The van der Waals surface area contributed by atoms with Crippen LogP contribution in [0.15, 0.2) is 42.6 Å². The van der Waals surface area contributed by atoms with E-state index in [1.165, 1.54) is 5.56 Å². The molecule has 1 saturated carbocycles. The van der Waals surface area contributed by atoms with Crippen LogP contribution < -0.4 is 10.2 Å². The third-order valence-electron chi connectivity index (χ3n) is 6.68. The van der Waals surface area contributed by atoms with E-state index >= 15 is 0 Å². The van der Waals surface area contributed by atoms with Crippen LogP contribution in [0.3, 0.4) is 0 Å². The van der Waals surface area contributed by atoms with Crippen molar-refractivity contribution in [1.29, 1.82) is 0 Å². The molecule has 1 N–H and O–H groups in total. The molecule has 166 valence electrons. The number of alkyl halides is 3. The molecule has 1 saturated heterocycles. The molecule has 31 heavy (non-hydrogen) atoms. The number of hydrogen-bond acceptors (Lipinski definition) is 3. The lowest BCUT2D eigenvalue weighted by Crippen LogP contribution is -2.54. The van der Waals surface area contributed by atoms with Crippen LogP contribution in [0.5, 0.6) is 0 Å². The minimum atomic E-state index is -4.70. The van der Waals surface area contributed by atoms with Crippen molar-refractivity contribution in [3.8, 4) is 0 Å². The van der Waals surface area contributed by atoms with Crippen molar-refractivity contribution in [1.82, 2.24) is 15.2 Å². The molecule has 1 spiro atoms. The summed E-state index contributed by atoms with van der Waals surface area (Å²) < 4.78 is 52.9. The Labute approximate surface area is 178 Å². The molecule has 1 aliphatic carbocycles. The molecule has 2 amide bonds. The predicted molar refractivity (Wildman–Crippen MR) is 108 cm³/mol. The van der Waals surface area contributed by atoms with Gasteiger partial charge < -0.3 is 5.32 Å². The second-order valence-corrected chi connectivity index (χ2v) is 8.62. The number of halogens is 4. The van der Waals surface area contributed by atoms with Crippen LogP contribution in [0, 0.1) is 5.82 Å². The van der Waals surface area contributed by atoms with Crippen molar-refractivity contribution in [2.75, 3.05) is 25.5 Å². The highest BCUT2D eigenvalue weighted by Gasteiger charge is 2.51. The van der Waals surface area contributed by atoms with Crippen LogP contribution in [0.2, 0.25) is 0 Å². The van der Waals surface area contributed by atoms with Crippen molar-refractivity contribution >= 4 is 11.8 Å². The molecule has 2 aromatic rings. The number of pyridine rings is 1. The average molecular weight is 436 g/mol. The lowest BCUT2D eigenvalue weighted by molar-refractivity contribution is -0.138. The Hall–Kier alpha value is -2.68. The molecule has 2 heterocycles. The van der Waals surface area contributed by atoms with E-state index in [9.17, 15) is 22.4 Å². The van der Waals surface area contributed by atoms with E-state index in [2.05, 4.69) is 27.3 Å². The van der Waals surface area contributed by atoms with Gasteiger partial charge in [-0.1, -0.05) is 30.3 Å². The summed E-state index contributed by atoms with van der Waals surface area (Å²) in [6.07, 6.45) is -1.27. The normalized spacial score (nSPS) is 26.5. The smallest absolute Gasteiger partial charge is 0.330 e. The highest BCUT2D eigenvalue weighted by molar-refractivity contribution is 5.94. The Balaban J connectivity index is 1.55. The van der Waals surface area contributed by atoms with Crippen LogP contribution >= 0.6 is 0 Å². The number of hydrogen-bond donors (Lipinski definition) is 1. The van der Waals surface area contributed by atoms with Crippen molar-refractivity contribution in [2.45, 2.75) is 42.9 Å². The summed E-state index contributed by atoms with van der Waals surface area (Å²) in [7, 11) is 4.07. The molecule has 1 aromatic heterocycles. The standard InChI is InChI=1S/C22H24F4N4O/c1-29(2)21(15-6-4-3-5-7-15)10-8-20(9-11-21)14-30(19(31)28-20)18-17(23)12-16(13-27-18)22(24,25)26/h3-7,12-13H,8-11,14H2,1-2H3,(H,28,31). The van der Waals surface area contributed by atoms with Crippen molar-refractivity contribution in [3.05, 3.63) is 59.5 Å². The minimum Gasteiger partial charge on any atom is -0.330 e. The summed E-state index contributed by atoms with van der Waals surface area (Å²) >= 11 is 0. The zero-order valence-electron chi connectivity index (χ0n) is 17.3. The molecular weight excluding hydrogens is 412 g/mol. The van der Waals surface area contributed by atoms with Crippen molar-refractivity contribution in [2.24, 2.45) is 0 Å². The summed E-state index contributed by atoms with van der Waals surface area (Å²) in [4.78, 5) is 19.6. The van der Waals surface area contributed by atoms with Gasteiger partial charge in [0.1, 0.15) is 0 Å². The molecule has 1 aliphatic heterocycles. The fourth-order valence-electron chi connectivity index (χ4n) is 4.83.